The first-order chi connectivity index (χ1) is 8.50. The highest BCUT2D eigenvalue weighted by atomic mass is 127. The van der Waals surface area contributed by atoms with Crippen LogP contribution in [0.3, 0.4) is 0 Å². The van der Waals surface area contributed by atoms with Gasteiger partial charge in [-0.3, -0.25) is 0 Å². The van der Waals surface area contributed by atoms with Crippen LogP contribution in [0.2, 0.25) is 0 Å². The lowest BCUT2D eigenvalue weighted by Crippen LogP contribution is -2.05. The van der Waals surface area contributed by atoms with Crippen LogP contribution in [0, 0.1) is 23.2 Å². The summed E-state index contributed by atoms with van der Waals surface area (Å²) in [4.78, 5) is 0. The molecule has 2 aromatic carbocycles. The molecule has 2 rings (SSSR count). The number of aryl methyl sites for hydroxylation is 2. The van der Waals surface area contributed by atoms with Crippen LogP contribution in [0.5, 0.6) is 0 Å². The van der Waals surface area contributed by atoms with E-state index < -0.39 is 6.10 Å². The Labute approximate surface area is 120 Å². The van der Waals surface area contributed by atoms with Crippen molar-refractivity contribution in [1.82, 2.24) is 0 Å². The molecule has 1 unspecified atom stereocenters. The van der Waals surface area contributed by atoms with E-state index in [0.717, 1.165) is 25.8 Å². The van der Waals surface area contributed by atoms with Crippen LogP contribution in [0.15, 0.2) is 36.4 Å². The largest absolute Gasteiger partial charge is 0.384 e. The predicted molar refractivity (Wildman–Crippen MR) is 79.1 cm³/mol. The molecular weight excluding hydrogens is 342 g/mol. The lowest BCUT2D eigenvalue weighted by molar-refractivity contribution is 0.218. The molecule has 0 saturated heterocycles. The molecule has 94 valence electrons. The Balaban J connectivity index is 2.48. The summed E-state index contributed by atoms with van der Waals surface area (Å²) in [6.07, 6.45) is -0.711. The van der Waals surface area contributed by atoms with Crippen molar-refractivity contribution in [2.45, 2.75) is 20.0 Å². The molecule has 0 aliphatic carbocycles. The maximum atomic E-state index is 13.1. The SMILES string of the molecule is Cc1cc(F)ccc1C(O)c1cccc(C)c1I. The molecule has 0 aliphatic heterocycles. The average Bonchev–Trinajstić information content (AvgIpc) is 2.32. The molecule has 0 aliphatic rings. The number of aliphatic hydroxyl groups excluding tert-OH is 1. The van der Waals surface area contributed by atoms with E-state index in [1.165, 1.54) is 12.1 Å². The topological polar surface area (TPSA) is 20.2 Å². The summed E-state index contributed by atoms with van der Waals surface area (Å²) >= 11 is 2.23. The normalized spacial score (nSPS) is 12.5. The van der Waals surface area contributed by atoms with Crippen LogP contribution in [0.25, 0.3) is 0 Å². The molecule has 0 fully saturated rings. The van der Waals surface area contributed by atoms with Crippen molar-refractivity contribution in [3.8, 4) is 0 Å². The van der Waals surface area contributed by atoms with Crippen molar-refractivity contribution >= 4 is 22.6 Å². The van der Waals surface area contributed by atoms with E-state index in [2.05, 4.69) is 22.6 Å². The Morgan fingerprint density at radius 3 is 2.44 bits per heavy atom. The molecule has 0 bridgehead atoms. The van der Waals surface area contributed by atoms with Crippen molar-refractivity contribution in [2.24, 2.45) is 0 Å². The Morgan fingerprint density at radius 1 is 1.06 bits per heavy atom. The fourth-order valence-electron chi connectivity index (χ4n) is 1.99. The molecule has 0 saturated carbocycles. The molecule has 0 aromatic heterocycles. The van der Waals surface area contributed by atoms with Crippen LogP contribution < -0.4 is 0 Å². The van der Waals surface area contributed by atoms with Gasteiger partial charge in [0.2, 0.25) is 0 Å². The number of rotatable bonds is 2. The Morgan fingerprint density at radius 2 is 1.78 bits per heavy atom. The predicted octanol–water partition coefficient (Wildman–Crippen LogP) is 4.13. The second-order valence-electron chi connectivity index (χ2n) is 4.38. The third kappa shape index (κ3) is 2.57. The Kier molecular flexibility index (Phi) is 4.02. The quantitative estimate of drug-likeness (QED) is 0.803. The van der Waals surface area contributed by atoms with Gasteiger partial charge in [0.05, 0.1) is 0 Å². The maximum absolute atomic E-state index is 13.1. The minimum Gasteiger partial charge on any atom is -0.384 e. The third-order valence-electron chi connectivity index (χ3n) is 3.04. The van der Waals surface area contributed by atoms with Crippen molar-refractivity contribution in [2.75, 3.05) is 0 Å². The van der Waals surface area contributed by atoms with Crippen LogP contribution in [-0.2, 0) is 0 Å². The number of halogens is 2. The van der Waals surface area contributed by atoms with Crippen molar-refractivity contribution in [3.63, 3.8) is 0 Å². The first-order valence-corrected chi connectivity index (χ1v) is 6.77. The first-order valence-electron chi connectivity index (χ1n) is 5.70. The number of aliphatic hydroxyl groups is 1. The summed E-state index contributed by atoms with van der Waals surface area (Å²) in [5.74, 6) is -0.276. The van der Waals surface area contributed by atoms with Gasteiger partial charge in [-0.05, 0) is 70.8 Å². The monoisotopic (exact) mass is 356 g/mol. The molecule has 2 aromatic rings. The molecule has 0 heterocycles. The van der Waals surface area contributed by atoms with Gasteiger partial charge in [0, 0.05) is 3.57 Å². The summed E-state index contributed by atoms with van der Waals surface area (Å²) in [5, 5.41) is 10.4. The van der Waals surface area contributed by atoms with E-state index in [-0.39, 0.29) is 5.82 Å². The Hall–Kier alpha value is -0.940. The van der Waals surface area contributed by atoms with E-state index in [9.17, 15) is 9.50 Å². The van der Waals surface area contributed by atoms with Crippen molar-refractivity contribution in [1.29, 1.82) is 0 Å². The summed E-state index contributed by atoms with van der Waals surface area (Å²) in [6.45, 7) is 3.82. The van der Waals surface area contributed by atoms with Crippen molar-refractivity contribution in [3.05, 3.63) is 68.0 Å². The highest BCUT2D eigenvalue weighted by Crippen LogP contribution is 2.29. The van der Waals surface area contributed by atoms with E-state index in [4.69, 9.17) is 0 Å². The maximum Gasteiger partial charge on any atom is 0.123 e. The van der Waals surface area contributed by atoms with Crippen LogP contribution >= 0.6 is 22.6 Å². The van der Waals surface area contributed by atoms with E-state index in [1.807, 2.05) is 32.0 Å². The fraction of sp³-hybridized carbons (Fsp3) is 0.200. The highest BCUT2D eigenvalue weighted by Gasteiger charge is 2.16. The lowest BCUT2D eigenvalue weighted by Gasteiger charge is -2.16. The molecule has 3 heteroatoms. The van der Waals surface area contributed by atoms with E-state index >= 15 is 0 Å². The van der Waals surface area contributed by atoms with Gasteiger partial charge in [-0.2, -0.15) is 0 Å². The lowest BCUT2D eigenvalue weighted by atomic mass is 9.96. The molecule has 1 atom stereocenters. The molecule has 1 nitrogen and oxygen atoms in total. The second kappa shape index (κ2) is 5.36. The summed E-state index contributed by atoms with van der Waals surface area (Å²) < 4.78 is 14.1. The van der Waals surface area contributed by atoms with Crippen LogP contribution in [0.1, 0.15) is 28.4 Å². The van der Waals surface area contributed by atoms with Gasteiger partial charge >= 0.3 is 0 Å². The number of hydrogen-bond acceptors (Lipinski definition) is 1. The zero-order valence-corrected chi connectivity index (χ0v) is 12.4. The van der Waals surface area contributed by atoms with Gasteiger partial charge in [0.25, 0.3) is 0 Å². The van der Waals surface area contributed by atoms with Crippen molar-refractivity contribution < 1.29 is 9.50 Å². The molecule has 0 spiro atoms. The molecular formula is C15H14FIO. The number of benzene rings is 2. The summed E-state index contributed by atoms with van der Waals surface area (Å²) in [7, 11) is 0. The van der Waals surface area contributed by atoms with Gasteiger partial charge in [0.1, 0.15) is 11.9 Å². The van der Waals surface area contributed by atoms with Gasteiger partial charge in [-0.1, -0.05) is 24.3 Å². The third-order valence-corrected chi connectivity index (χ3v) is 4.52. The van der Waals surface area contributed by atoms with Gasteiger partial charge < -0.3 is 5.11 Å². The average molecular weight is 356 g/mol. The van der Waals surface area contributed by atoms with Gasteiger partial charge in [-0.15, -0.1) is 0 Å². The minimum absolute atomic E-state index is 0.276. The molecule has 1 N–H and O–H groups in total. The fourth-order valence-corrected chi connectivity index (χ4v) is 2.65. The zero-order chi connectivity index (χ0) is 13.3. The number of hydrogen-bond donors (Lipinski definition) is 1. The highest BCUT2D eigenvalue weighted by molar-refractivity contribution is 14.1. The molecule has 18 heavy (non-hydrogen) atoms. The Bertz CT molecular complexity index is 581. The van der Waals surface area contributed by atoms with E-state index in [0.29, 0.717) is 0 Å². The summed E-state index contributed by atoms with van der Waals surface area (Å²) in [5.41, 5.74) is 3.51. The minimum atomic E-state index is -0.711. The van der Waals surface area contributed by atoms with E-state index in [1.54, 1.807) is 6.07 Å². The second-order valence-corrected chi connectivity index (χ2v) is 5.46. The van der Waals surface area contributed by atoms with Gasteiger partial charge in [-0.25, -0.2) is 4.39 Å². The van der Waals surface area contributed by atoms with Gasteiger partial charge in [0.15, 0.2) is 0 Å². The summed E-state index contributed by atoms with van der Waals surface area (Å²) in [6, 6.07) is 10.3. The molecule has 0 radical (unpaired) electrons. The molecule has 0 amide bonds. The smallest absolute Gasteiger partial charge is 0.123 e. The standard InChI is InChI=1S/C15H14FIO/c1-9-4-3-5-13(14(9)17)15(18)12-7-6-11(16)8-10(12)2/h3-8,15,18H,1-2H3. The first kappa shape index (κ1) is 13.5. The van der Waals surface area contributed by atoms with Crippen LogP contribution in [-0.4, -0.2) is 5.11 Å². The van der Waals surface area contributed by atoms with Crippen LogP contribution in [0.4, 0.5) is 4.39 Å². The zero-order valence-electron chi connectivity index (χ0n) is 10.2.